The second-order valence-corrected chi connectivity index (χ2v) is 7.39. The summed E-state index contributed by atoms with van der Waals surface area (Å²) in [5.74, 6) is -0.0662. The van der Waals surface area contributed by atoms with Gasteiger partial charge in [-0.05, 0) is 39.8 Å². The number of aromatic nitrogens is 2. The van der Waals surface area contributed by atoms with Crippen LogP contribution in [0.4, 0.5) is 0 Å². The third-order valence-corrected chi connectivity index (χ3v) is 5.07. The monoisotopic (exact) mass is 356 g/mol. The Labute approximate surface area is 155 Å². The standard InChI is InChI=1S/C20H28N4O2/c1-15-18(16(2)24(22-15)17-8-6-5-7-9-17)19(25)21-14-20(3,4)23-10-12-26-13-11-23/h5-9H,10-14H2,1-4H3,(H,21,25). The van der Waals surface area contributed by atoms with Crippen LogP contribution in [0.2, 0.25) is 0 Å². The summed E-state index contributed by atoms with van der Waals surface area (Å²) in [7, 11) is 0. The highest BCUT2D eigenvalue weighted by Crippen LogP contribution is 2.19. The molecule has 1 saturated heterocycles. The van der Waals surface area contributed by atoms with Gasteiger partial charge in [0, 0.05) is 25.2 Å². The number of hydrogen-bond donors (Lipinski definition) is 1. The number of benzene rings is 1. The Balaban J connectivity index is 1.73. The Kier molecular flexibility index (Phi) is 5.44. The van der Waals surface area contributed by atoms with Gasteiger partial charge in [-0.1, -0.05) is 18.2 Å². The summed E-state index contributed by atoms with van der Waals surface area (Å²) in [6.45, 7) is 12.0. The number of nitrogens with one attached hydrogen (secondary N) is 1. The van der Waals surface area contributed by atoms with E-state index in [4.69, 9.17) is 4.74 Å². The van der Waals surface area contributed by atoms with Crippen LogP contribution in [0.3, 0.4) is 0 Å². The molecule has 0 saturated carbocycles. The van der Waals surface area contributed by atoms with Crippen LogP contribution in [0, 0.1) is 13.8 Å². The van der Waals surface area contributed by atoms with Crippen LogP contribution >= 0.6 is 0 Å². The molecule has 1 aliphatic heterocycles. The van der Waals surface area contributed by atoms with Crippen molar-refractivity contribution in [3.05, 3.63) is 47.3 Å². The van der Waals surface area contributed by atoms with Crippen LogP contribution in [0.25, 0.3) is 5.69 Å². The van der Waals surface area contributed by atoms with Crippen molar-refractivity contribution in [3.8, 4) is 5.69 Å². The number of carbonyl (C=O) groups is 1. The van der Waals surface area contributed by atoms with E-state index < -0.39 is 0 Å². The summed E-state index contributed by atoms with van der Waals surface area (Å²) in [4.78, 5) is 15.2. The molecule has 1 fully saturated rings. The number of aryl methyl sites for hydroxylation is 1. The summed E-state index contributed by atoms with van der Waals surface area (Å²) in [6.07, 6.45) is 0. The molecule has 6 heteroatoms. The van der Waals surface area contributed by atoms with Gasteiger partial charge in [-0.15, -0.1) is 0 Å². The lowest BCUT2D eigenvalue weighted by atomic mass is 10.0. The molecule has 0 atom stereocenters. The number of amides is 1. The minimum atomic E-state index is -0.114. The van der Waals surface area contributed by atoms with Crippen molar-refractivity contribution in [3.63, 3.8) is 0 Å². The van der Waals surface area contributed by atoms with Gasteiger partial charge < -0.3 is 10.1 Å². The van der Waals surface area contributed by atoms with Crippen molar-refractivity contribution in [1.82, 2.24) is 20.0 Å². The van der Waals surface area contributed by atoms with Crippen LogP contribution in [0.15, 0.2) is 30.3 Å². The number of morpholine rings is 1. The summed E-state index contributed by atoms with van der Waals surface area (Å²) < 4.78 is 7.26. The molecule has 0 spiro atoms. The van der Waals surface area contributed by atoms with Gasteiger partial charge in [-0.2, -0.15) is 5.10 Å². The third kappa shape index (κ3) is 3.81. The topological polar surface area (TPSA) is 59.4 Å². The number of nitrogens with zero attached hydrogens (tertiary/aromatic N) is 3. The minimum Gasteiger partial charge on any atom is -0.379 e. The van der Waals surface area contributed by atoms with Crippen molar-refractivity contribution in [2.24, 2.45) is 0 Å². The van der Waals surface area contributed by atoms with Crippen molar-refractivity contribution in [2.45, 2.75) is 33.2 Å². The predicted molar refractivity (Wildman–Crippen MR) is 102 cm³/mol. The first-order valence-corrected chi connectivity index (χ1v) is 9.13. The molecule has 0 aliphatic carbocycles. The van der Waals surface area contributed by atoms with E-state index >= 15 is 0 Å². The molecule has 26 heavy (non-hydrogen) atoms. The summed E-state index contributed by atoms with van der Waals surface area (Å²) in [5.41, 5.74) is 3.10. The highest BCUT2D eigenvalue weighted by molar-refractivity contribution is 5.96. The summed E-state index contributed by atoms with van der Waals surface area (Å²) >= 11 is 0. The number of carbonyl (C=O) groups excluding carboxylic acids is 1. The number of hydrogen-bond acceptors (Lipinski definition) is 4. The molecule has 2 aromatic rings. The van der Waals surface area contributed by atoms with Crippen molar-refractivity contribution >= 4 is 5.91 Å². The Hall–Kier alpha value is -2.18. The van der Waals surface area contributed by atoms with Crippen LogP contribution in [0.5, 0.6) is 0 Å². The molecule has 1 N–H and O–H groups in total. The molecule has 1 aliphatic rings. The van der Waals surface area contributed by atoms with Gasteiger partial charge in [-0.25, -0.2) is 4.68 Å². The Morgan fingerprint density at radius 1 is 1.19 bits per heavy atom. The Morgan fingerprint density at radius 3 is 2.50 bits per heavy atom. The molecule has 1 aromatic heterocycles. The normalized spacial score (nSPS) is 15.8. The first kappa shape index (κ1) is 18.6. The molecular weight excluding hydrogens is 328 g/mol. The zero-order valence-corrected chi connectivity index (χ0v) is 16.1. The maximum absolute atomic E-state index is 12.9. The molecule has 0 unspecified atom stereocenters. The van der Waals surface area contributed by atoms with E-state index in [9.17, 15) is 4.79 Å². The predicted octanol–water partition coefficient (Wildman–Crippen LogP) is 2.33. The lowest BCUT2D eigenvalue weighted by Gasteiger charge is -2.40. The van der Waals surface area contributed by atoms with E-state index in [1.54, 1.807) is 0 Å². The molecular formula is C20H28N4O2. The van der Waals surface area contributed by atoms with E-state index in [2.05, 4.69) is 29.2 Å². The van der Waals surface area contributed by atoms with Crippen molar-refractivity contribution < 1.29 is 9.53 Å². The first-order chi connectivity index (χ1) is 12.4. The smallest absolute Gasteiger partial charge is 0.255 e. The SMILES string of the molecule is Cc1nn(-c2ccccc2)c(C)c1C(=O)NCC(C)(C)N1CCOCC1. The number of ether oxygens (including phenoxy) is 1. The van der Waals surface area contributed by atoms with E-state index in [1.807, 2.05) is 48.9 Å². The fraction of sp³-hybridized carbons (Fsp3) is 0.500. The zero-order valence-electron chi connectivity index (χ0n) is 16.1. The highest BCUT2D eigenvalue weighted by atomic mass is 16.5. The fourth-order valence-corrected chi connectivity index (χ4v) is 3.46. The highest BCUT2D eigenvalue weighted by Gasteiger charge is 2.29. The van der Waals surface area contributed by atoms with Gasteiger partial charge in [0.15, 0.2) is 0 Å². The van der Waals surface area contributed by atoms with Crippen molar-refractivity contribution in [2.75, 3.05) is 32.8 Å². The summed E-state index contributed by atoms with van der Waals surface area (Å²) in [6, 6.07) is 9.88. The molecule has 6 nitrogen and oxygen atoms in total. The molecule has 2 heterocycles. The largest absolute Gasteiger partial charge is 0.379 e. The zero-order chi connectivity index (χ0) is 18.7. The quantitative estimate of drug-likeness (QED) is 0.893. The van der Waals surface area contributed by atoms with Gasteiger partial charge >= 0.3 is 0 Å². The molecule has 140 valence electrons. The first-order valence-electron chi connectivity index (χ1n) is 9.13. The molecule has 0 radical (unpaired) electrons. The van der Waals surface area contributed by atoms with Crippen LogP contribution in [0.1, 0.15) is 35.6 Å². The maximum Gasteiger partial charge on any atom is 0.255 e. The van der Waals surface area contributed by atoms with Crippen LogP contribution < -0.4 is 5.32 Å². The van der Waals surface area contributed by atoms with Crippen LogP contribution in [-0.2, 0) is 4.74 Å². The minimum absolute atomic E-state index is 0.0662. The van der Waals surface area contributed by atoms with Crippen LogP contribution in [-0.4, -0.2) is 59.0 Å². The molecule has 1 aromatic carbocycles. The molecule has 3 rings (SSSR count). The van der Waals surface area contributed by atoms with Crippen molar-refractivity contribution in [1.29, 1.82) is 0 Å². The Bertz CT molecular complexity index is 762. The van der Waals surface area contributed by atoms with E-state index in [0.717, 1.165) is 43.4 Å². The lowest BCUT2D eigenvalue weighted by molar-refractivity contribution is -0.00923. The van der Waals surface area contributed by atoms with Gasteiger partial charge in [-0.3, -0.25) is 9.69 Å². The Morgan fingerprint density at radius 2 is 1.85 bits per heavy atom. The second kappa shape index (κ2) is 7.60. The van der Waals surface area contributed by atoms with Gasteiger partial charge in [0.2, 0.25) is 0 Å². The summed E-state index contributed by atoms with van der Waals surface area (Å²) in [5, 5.41) is 7.67. The average Bonchev–Trinajstić information content (AvgIpc) is 2.96. The van der Waals surface area contributed by atoms with E-state index in [1.165, 1.54) is 0 Å². The number of para-hydroxylation sites is 1. The lowest BCUT2D eigenvalue weighted by Crippen LogP contribution is -2.55. The third-order valence-electron chi connectivity index (χ3n) is 5.07. The molecule has 1 amide bonds. The maximum atomic E-state index is 12.9. The van der Waals surface area contributed by atoms with E-state index in [-0.39, 0.29) is 11.4 Å². The van der Waals surface area contributed by atoms with Gasteiger partial charge in [0.1, 0.15) is 0 Å². The second-order valence-electron chi connectivity index (χ2n) is 7.39. The van der Waals surface area contributed by atoms with Gasteiger partial charge in [0.25, 0.3) is 5.91 Å². The average molecular weight is 356 g/mol. The number of rotatable bonds is 5. The fourth-order valence-electron chi connectivity index (χ4n) is 3.46. The molecule has 0 bridgehead atoms. The van der Waals surface area contributed by atoms with Gasteiger partial charge in [0.05, 0.1) is 35.9 Å². The van der Waals surface area contributed by atoms with E-state index in [0.29, 0.717) is 12.1 Å².